The standard InChI is InChI=1S/C15H17NO2/c17-11-8-13-5-1-2-7-15(13)18-12-9-14-6-3-4-10-16-14/h1-7,10,17H,8-9,11-12H2. The third-order valence-electron chi connectivity index (χ3n) is 2.70. The normalized spacial score (nSPS) is 10.3. The maximum absolute atomic E-state index is 8.98. The van der Waals surface area contributed by atoms with Gasteiger partial charge >= 0.3 is 0 Å². The molecule has 0 spiro atoms. The van der Waals surface area contributed by atoms with Crippen molar-refractivity contribution in [2.24, 2.45) is 0 Å². The number of nitrogens with zero attached hydrogens (tertiary/aromatic N) is 1. The quantitative estimate of drug-likeness (QED) is 0.846. The van der Waals surface area contributed by atoms with Crippen LogP contribution in [0.5, 0.6) is 5.75 Å². The highest BCUT2D eigenvalue weighted by atomic mass is 16.5. The van der Waals surface area contributed by atoms with Crippen LogP contribution in [0.1, 0.15) is 11.3 Å². The molecule has 0 amide bonds. The number of aromatic nitrogens is 1. The third kappa shape index (κ3) is 3.57. The van der Waals surface area contributed by atoms with Crippen molar-refractivity contribution in [1.29, 1.82) is 0 Å². The van der Waals surface area contributed by atoms with Crippen molar-refractivity contribution in [3.8, 4) is 5.75 Å². The molecule has 0 fully saturated rings. The lowest BCUT2D eigenvalue weighted by Crippen LogP contribution is -2.05. The molecule has 1 heterocycles. The molecular formula is C15H17NO2. The van der Waals surface area contributed by atoms with E-state index in [4.69, 9.17) is 9.84 Å². The smallest absolute Gasteiger partial charge is 0.122 e. The molecule has 0 saturated heterocycles. The van der Waals surface area contributed by atoms with Crippen molar-refractivity contribution < 1.29 is 9.84 Å². The molecule has 0 aliphatic rings. The summed E-state index contributed by atoms with van der Waals surface area (Å²) in [6, 6.07) is 13.7. The molecule has 2 rings (SSSR count). The minimum absolute atomic E-state index is 0.139. The summed E-state index contributed by atoms with van der Waals surface area (Å²) >= 11 is 0. The first-order valence-corrected chi connectivity index (χ1v) is 6.11. The molecule has 0 saturated carbocycles. The second-order valence-electron chi connectivity index (χ2n) is 4.00. The lowest BCUT2D eigenvalue weighted by molar-refractivity contribution is 0.289. The van der Waals surface area contributed by atoms with Crippen LogP contribution in [0.15, 0.2) is 48.7 Å². The van der Waals surface area contributed by atoms with Crippen molar-refractivity contribution >= 4 is 0 Å². The summed E-state index contributed by atoms with van der Waals surface area (Å²) in [6.45, 7) is 0.736. The van der Waals surface area contributed by atoms with Gasteiger partial charge in [-0.1, -0.05) is 24.3 Å². The maximum Gasteiger partial charge on any atom is 0.122 e. The Morgan fingerprint density at radius 3 is 2.61 bits per heavy atom. The van der Waals surface area contributed by atoms with E-state index in [2.05, 4.69) is 4.98 Å². The number of aliphatic hydroxyl groups excluding tert-OH is 1. The van der Waals surface area contributed by atoms with Gasteiger partial charge in [-0.05, 0) is 30.2 Å². The summed E-state index contributed by atoms with van der Waals surface area (Å²) in [6.07, 6.45) is 3.20. The molecule has 1 aromatic carbocycles. The molecule has 94 valence electrons. The molecule has 0 unspecified atom stereocenters. The molecule has 0 atom stereocenters. The van der Waals surface area contributed by atoms with Crippen LogP contribution in [0.3, 0.4) is 0 Å². The van der Waals surface area contributed by atoms with Crippen LogP contribution in [0.25, 0.3) is 0 Å². The van der Waals surface area contributed by atoms with Crippen LogP contribution < -0.4 is 4.74 Å². The average molecular weight is 243 g/mol. The number of ether oxygens (including phenoxy) is 1. The number of benzene rings is 1. The fourth-order valence-corrected chi connectivity index (χ4v) is 1.78. The second kappa shape index (κ2) is 6.77. The van der Waals surface area contributed by atoms with Crippen LogP contribution in [-0.4, -0.2) is 23.3 Å². The highest BCUT2D eigenvalue weighted by Crippen LogP contribution is 2.18. The van der Waals surface area contributed by atoms with Crippen LogP contribution >= 0.6 is 0 Å². The van der Waals surface area contributed by atoms with Gasteiger partial charge in [0.25, 0.3) is 0 Å². The van der Waals surface area contributed by atoms with E-state index < -0.39 is 0 Å². The molecule has 0 aliphatic carbocycles. The summed E-state index contributed by atoms with van der Waals surface area (Å²) in [5, 5.41) is 8.98. The summed E-state index contributed by atoms with van der Waals surface area (Å²) in [7, 11) is 0. The van der Waals surface area contributed by atoms with Gasteiger partial charge in [0.1, 0.15) is 5.75 Å². The van der Waals surface area contributed by atoms with Gasteiger partial charge in [0.05, 0.1) is 6.61 Å². The molecule has 0 aliphatic heterocycles. The van der Waals surface area contributed by atoms with Gasteiger partial charge in [-0.2, -0.15) is 0 Å². The molecule has 0 bridgehead atoms. The Morgan fingerprint density at radius 1 is 1.00 bits per heavy atom. The van der Waals surface area contributed by atoms with Gasteiger partial charge in [0.15, 0.2) is 0 Å². The Bertz CT molecular complexity index is 471. The number of hydrogen-bond acceptors (Lipinski definition) is 3. The summed E-state index contributed by atoms with van der Waals surface area (Å²) < 4.78 is 5.74. The minimum Gasteiger partial charge on any atom is -0.493 e. The predicted molar refractivity (Wildman–Crippen MR) is 70.7 cm³/mol. The largest absolute Gasteiger partial charge is 0.493 e. The summed E-state index contributed by atoms with van der Waals surface area (Å²) in [4.78, 5) is 4.25. The van der Waals surface area contributed by atoms with Crippen molar-refractivity contribution in [3.63, 3.8) is 0 Å². The topological polar surface area (TPSA) is 42.4 Å². The molecule has 0 radical (unpaired) electrons. The monoisotopic (exact) mass is 243 g/mol. The minimum atomic E-state index is 0.139. The maximum atomic E-state index is 8.98. The molecule has 18 heavy (non-hydrogen) atoms. The van der Waals surface area contributed by atoms with E-state index in [0.29, 0.717) is 13.0 Å². The molecule has 2 aromatic rings. The van der Waals surface area contributed by atoms with Crippen molar-refractivity contribution in [1.82, 2.24) is 4.98 Å². The molecular weight excluding hydrogens is 226 g/mol. The van der Waals surface area contributed by atoms with Crippen molar-refractivity contribution in [2.45, 2.75) is 12.8 Å². The Morgan fingerprint density at radius 2 is 1.83 bits per heavy atom. The Hall–Kier alpha value is -1.87. The lowest BCUT2D eigenvalue weighted by Gasteiger charge is -2.10. The molecule has 3 nitrogen and oxygen atoms in total. The van der Waals surface area contributed by atoms with E-state index in [1.165, 1.54) is 0 Å². The first kappa shape index (κ1) is 12.6. The van der Waals surface area contributed by atoms with Gasteiger partial charge in [0.2, 0.25) is 0 Å². The van der Waals surface area contributed by atoms with Crippen molar-refractivity contribution in [2.75, 3.05) is 13.2 Å². The highest BCUT2D eigenvalue weighted by molar-refractivity contribution is 5.33. The predicted octanol–water partition coefficient (Wildman–Crippen LogP) is 2.24. The van der Waals surface area contributed by atoms with Crippen LogP contribution in [0.2, 0.25) is 0 Å². The van der Waals surface area contributed by atoms with E-state index >= 15 is 0 Å². The van der Waals surface area contributed by atoms with Crippen LogP contribution in [-0.2, 0) is 12.8 Å². The number of hydrogen-bond donors (Lipinski definition) is 1. The first-order valence-electron chi connectivity index (χ1n) is 6.11. The summed E-state index contributed by atoms with van der Waals surface area (Å²) in [5.41, 5.74) is 2.07. The molecule has 1 aromatic heterocycles. The van der Waals surface area contributed by atoms with Crippen LogP contribution in [0.4, 0.5) is 0 Å². The third-order valence-corrected chi connectivity index (χ3v) is 2.70. The van der Waals surface area contributed by atoms with Gasteiger partial charge in [-0.25, -0.2) is 0 Å². The number of pyridine rings is 1. The Labute approximate surface area is 107 Å². The van der Waals surface area contributed by atoms with Gasteiger partial charge < -0.3 is 9.84 Å². The highest BCUT2D eigenvalue weighted by Gasteiger charge is 2.02. The van der Waals surface area contributed by atoms with Gasteiger partial charge in [-0.3, -0.25) is 4.98 Å². The van der Waals surface area contributed by atoms with E-state index in [0.717, 1.165) is 23.4 Å². The van der Waals surface area contributed by atoms with Gasteiger partial charge in [-0.15, -0.1) is 0 Å². The van der Waals surface area contributed by atoms with Crippen LogP contribution in [0, 0.1) is 0 Å². The zero-order valence-corrected chi connectivity index (χ0v) is 10.2. The van der Waals surface area contributed by atoms with E-state index in [9.17, 15) is 0 Å². The first-order chi connectivity index (χ1) is 8.90. The Balaban J connectivity index is 1.90. The van der Waals surface area contributed by atoms with E-state index in [1.807, 2.05) is 42.5 Å². The number of aliphatic hydroxyl groups is 1. The summed E-state index contributed by atoms with van der Waals surface area (Å²) in [5.74, 6) is 0.850. The fraction of sp³-hybridized carbons (Fsp3) is 0.267. The second-order valence-corrected chi connectivity index (χ2v) is 4.00. The Kier molecular flexibility index (Phi) is 4.73. The zero-order valence-electron chi connectivity index (χ0n) is 10.2. The molecule has 1 N–H and O–H groups in total. The molecule has 3 heteroatoms. The van der Waals surface area contributed by atoms with E-state index in [-0.39, 0.29) is 6.61 Å². The van der Waals surface area contributed by atoms with Gasteiger partial charge in [0, 0.05) is 24.9 Å². The number of rotatable bonds is 6. The zero-order chi connectivity index (χ0) is 12.6. The number of para-hydroxylation sites is 1. The van der Waals surface area contributed by atoms with E-state index in [1.54, 1.807) is 6.20 Å². The van der Waals surface area contributed by atoms with Crippen molar-refractivity contribution in [3.05, 3.63) is 59.9 Å². The lowest BCUT2D eigenvalue weighted by atomic mass is 10.1. The fourth-order valence-electron chi connectivity index (χ4n) is 1.78. The SMILES string of the molecule is OCCc1ccccc1OCCc1ccccn1. The average Bonchev–Trinajstić information content (AvgIpc) is 2.42.